The second-order valence-electron chi connectivity index (χ2n) is 3.90. The fourth-order valence-electron chi connectivity index (χ4n) is 1.57. The fourth-order valence-corrected chi connectivity index (χ4v) is 2.27. The zero-order valence-electron chi connectivity index (χ0n) is 10.5. The number of ether oxygens (including phenoxy) is 1. The molecule has 0 atom stereocenters. The molecule has 0 aromatic carbocycles. The van der Waals surface area contributed by atoms with Gasteiger partial charge >= 0.3 is 0 Å². The van der Waals surface area contributed by atoms with E-state index in [2.05, 4.69) is 25.3 Å². The predicted octanol–water partition coefficient (Wildman–Crippen LogP) is 1.89. The van der Waals surface area contributed by atoms with Gasteiger partial charge in [0, 0.05) is 44.1 Å². The maximum Gasteiger partial charge on any atom is 0.205 e. The maximum atomic E-state index is 5.14. The number of hydrogen-bond donors (Lipinski definition) is 0. The minimum atomic E-state index is 0.666. The van der Waals surface area contributed by atoms with E-state index in [-0.39, 0.29) is 0 Å². The Labute approximate surface area is 111 Å². The smallest absolute Gasteiger partial charge is 0.205 e. The SMILES string of the molecule is COCCN(Cc1cccnc1)c1nc(C)ns1. The summed E-state index contributed by atoms with van der Waals surface area (Å²) in [7, 11) is 1.70. The summed E-state index contributed by atoms with van der Waals surface area (Å²) in [5, 5.41) is 0.924. The van der Waals surface area contributed by atoms with Crippen molar-refractivity contribution in [1.82, 2.24) is 14.3 Å². The molecule has 2 rings (SSSR count). The van der Waals surface area contributed by atoms with Crippen molar-refractivity contribution < 1.29 is 4.74 Å². The third-order valence-corrected chi connectivity index (χ3v) is 3.32. The van der Waals surface area contributed by atoms with Gasteiger partial charge in [-0.2, -0.15) is 4.37 Å². The molecule has 0 spiro atoms. The molecule has 0 N–H and O–H groups in total. The molecule has 2 aromatic rings. The molecular weight excluding hydrogens is 248 g/mol. The first-order valence-corrected chi connectivity index (χ1v) is 6.50. The van der Waals surface area contributed by atoms with E-state index in [1.54, 1.807) is 13.3 Å². The van der Waals surface area contributed by atoms with Gasteiger partial charge in [0.25, 0.3) is 0 Å². The molecule has 6 heteroatoms. The largest absolute Gasteiger partial charge is 0.383 e. The number of nitrogens with zero attached hydrogens (tertiary/aromatic N) is 4. The summed E-state index contributed by atoms with van der Waals surface area (Å²) >= 11 is 1.42. The summed E-state index contributed by atoms with van der Waals surface area (Å²) in [6.07, 6.45) is 3.64. The van der Waals surface area contributed by atoms with Crippen molar-refractivity contribution in [3.63, 3.8) is 0 Å². The van der Waals surface area contributed by atoms with Gasteiger partial charge in [-0.05, 0) is 18.6 Å². The second kappa shape index (κ2) is 6.42. The summed E-state index contributed by atoms with van der Waals surface area (Å²) in [4.78, 5) is 10.7. The Balaban J connectivity index is 2.10. The fraction of sp³-hybridized carbons (Fsp3) is 0.417. The van der Waals surface area contributed by atoms with Crippen molar-refractivity contribution in [2.24, 2.45) is 0 Å². The molecule has 2 heterocycles. The van der Waals surface area contributed by atoms with Crippen LogP contribution in [0.2, 0.25) is 0 Å². The molecule has 5 nitrogen and oxygen atoms in total. The van der Waals surface area contributed by atoms with E-state index >= 15 is 0 Å². The molecule has 0 amide bonds. The highest BCUT2D eigenvalue weighted by Gasteiger charge is 2.11. The lowest BCUT2D eigenvalue weighted by molar-refractivity contribution is 0.205. The molecule has 0 unspecified atom stereocenters. The lowest BCUT2D eigenvalue weighted by Crippen LogP contribution is -2.26. The van der Waals surface area contributed by atoms with Crippen LogP contribution in [0.4, 0.5) is 5.13 Å². The van der Waals surface area contributed by atoms with Crippen molar-refractivity contribution in [2.45, 2.75) is 13.5 Å². The van der Waals surface area contributed by atoms with E-state index in [1.807, 2.05) is 19.2 Å². The molecule has 0 aliphatic heterocycles. The van der Waals surface area contributed by atoms with Crippen molar-refractivity contribution in [2.75, 3.05) is 25.2 Å². The Kier molecular flexibility index (Phi) is 4.60. The quantitative estimate of drug-likeness (QED) is 0.797. The molecule has 0 aliphatic rings. The number of hydrogen-bond acceptors (Lipinski definition) is 6. The molecule has 0 bridgehead atoms. The van der Waals surface area contributed by atoms with Crippen LogP contribution < -0.4 is 4.90 Å². The predicted molar refractivity (Wildman–Crippen MR) is 71.8 cm³/mol. The van der Waals surface area contributed by atoms with Crippen LogP contribution in [0.5, 0.6) is 0 Å². The molecule has 0 fully saturated rings. The van der Waals surface area contributed by atoms with Gasteiger partial charge in [-0.15, -0.1) is 0 Å². The Hall–Kier alpha value is -1.53. The van der Waals surface area contributed by atoms with Crippen molar-refractivity contribution in [3.05, 3.63) is 35.9 Å². The molecule has 0 saturated heterocycles. The van der Waals surface area contributed by atoms with Gasteiger partial charge in [-0.25, -0.2) is 4.98 Å². The van der Waals surface area contributed by atoms with E-state index in [9.17, 15) is 0 Å². The summed E-state index contributed by atoms with van der Waals surface area (Å²) in [5.41, 5.74) is 1.15. The topological polar surface area (TPSA) is 51.1 Å². The lowest BCUT2D eigenvalue weighted by atomic mass is 10.3. The van der Waals surface area contributed by atoms with Crippen molar-refractivity contribution >= 4 is 16.7 Å². The Morgan fingerprint density at radius 3 is 2.94 bits per heavy atom. The number of aromatic nitrogens is 3. The first-order chi connectivity index (χ1) is 8.79. The van der Waals surface area contributed by atoms with E-state index in [0.717, 1.165) is 29.6 Å². The molecule has 96 valence electrons. The highest BCUT2D eigenvalue weighted by Crippen LogP contribution is 2.19. The van der Waals surface area contributed by atoms with E-state index in [4.69, 9.17) is 4.74 Å². The standard InChI is InChI=1S/C12H16N4OS/c1-10-14-12(18-15-10)16(6-7-17-2)9-11-4-3-5-13-8-11/h3-5,8H,6-7,9H2,1-2H3. The van der Waals surface area contributed by atoms with Crippen molar-refractivity contribution in [1.29, 1.82) is 0 Å². The van der Waals surface area contributed by atoms with Gasteiger partial charge in [-0.3, -0.25) is 4.98 Å². The van der Waals surface area contributed by atoms with Gasteiger partial charge in [0.1, 0.15) is 5.82 Å². The third kappa shape index (κ3) is 3.48. The summed E-state index contributed by atoms with van der Waals surface area (Å²) in [6, 6.07) is 4.00. The highest BCUT2D eigenvalue weighted by atomic mass is 32.1. The van der Waals surface area contributed by atoms with Gasteiger partial charge in [0.15, 0.2) is 0 Å². The van der Waals surface area contributed by atoms with Crippen LogP contribution in [0.1, 0.15) is 11.4 Å². The first-order valence-electron chi connectivity index (χ1n) is 5.72. The number of rotatable bonds is 6. The minimum Gasteiger partial charge on any atom is -0.383 e. The van der Waals surface area contributed by atoms with Gasteiger partial charge in [-0.1, -0.05) is 6.07 Å². The van der Waals surface area contributed by atoms with E-state index in [1.165, 1.54) is 11.5 Å². The number of anilines is 1. The third-order valence-electron chi connectivity index (χ3n) is 2.45. The molecule has 0 radical (unpaired) electrons. The lowest BCUT2D eigenvalue weighted by Gasteiger charge is -2.20. The number of aryl methyl sites for hydroxylation is 1. The average Bonchev–Trinajstić information content (AvgIpc) is 2.82. The Morgan fingerprint density at radius 1 is 1.44 bits per heavy atom. The van der Waals surface area contributed by atoms with Gasteiger partial charge in [0.2, 0.25) is 5.13 Å². The van der Waals surface area contributed by atoms with Crippen LogP contribution >= 0.6 is 11.5 Å². The molecular formula is C12H16N4OS. The number of methoxy groups -OCH3 is 1. The zero-order valence-corrected chi connectivity index (χ0v) is 11.4. The van der Waals surface area contributed by atoms with Gasteiger partial charge < -0.3 is 9.64 Å². The maximum absolute atomic E-state index is 5.14. The van der Waals surface area contributed by atoms with Crippen LogP contribution in [0.15, 0.2) is 24.5 Å². The summed E-state index contributed by atoms with van der Waals surface area (Å²) in [6.45, 7) is 4.13. The van der Waals surface area contributed by atoms with Crippen LogP contribution in [0.25, 0.3) is 0 Å². The van der Waals surface area contributed by atoms with E-state index in [0.29, 0.717) is 6.61 Å². The molecule has 2 aromatic heterocycles. The van der Waals surface area contributed by atoms with Crippen LogP contribution in [-0.4, -0.2) is 34.6 Å². The van der Waals surface area contributed by atoms with Crippen LogP contribution in [0, 0.1) is 6.92 Å². The monoisotopic (exact) mass is 264 g/mol. The van der Waals surface area contributed by atoms with E-state index < -0.39 is 0 Å². The Morgan fingerprint density at radius 2 is 2.33 bits per heavy atom. The molecule has 0 aliphatic carbocycles. The molecule has 0 saturated carbocycles. The minimum absolute atomic E-state index is 0.666. The normalized spacial score (nSPS) is 10.6. The van der Waals surface area contributed by atoms with Gasteiger partial charge in [0.05, 0.1) is 6.61 Å². The first kappa shape index (κ1) is 12.9. The zero-order chi connectivity index (χ0) is 12.8. The average molecular weight is 264 g/mol. The highest BCUT2D eigenvalue weighted by molar-refractivity contribution is 7.09. The number of pyridine rings is 1. The summed E-state index contributed by atoms with van der Waals surface area (Å²) in [5.74, 6) is 0.809. The van der Waals surface area contributed by atoms with Crippen LogP contribution in [-0.2, 0) is 11.3 Å². The van der Waals surface area contributed by atoms with Crippen LogP contribution in [0.3, 0.4) is 0 Å². The second-order valence-corrected chi connectivity index (χ2v) is 4.63. The Bertz CT molecular complexity index is 474. The summed E-state index contributed by atoms with van der Waals surface area (Å²) < 4.78 is 9.36. The molecule has 18 heavy (non-hydrogen) atoms. The van der Waals surface area contributed by atoms with Crippen molar-refractivity contribution in [3.8, 4) is 0 Å².